The lowest BCUT2D eigenvalue weighted by Crippen LogP contribution is -2.44. The number of nitrogens with zero attached hydrogens (tertiary/aromatic N) is 2. The summed E-state index contributed by atoms with van der Waals surface area (Å²) in [5, 5.41) is 9.70. The van der Waals surface area contributed by atoms with Crippen LogP contribution in [-0.2, 0) is 11.0 Å². The molecule has 1 unspecified atom stereocenters. The van der Waals surface area contributed by atoms with Crippen LogP contribution in [0.25, 0.3) is 10.2 Å². The number of carbonyl (C=O) groups excluding carboxylic acids is 1. The van der Waals surface area contributed by atoms with Crippen molar-refractivity contribution in [1.29, 1.82) is 0 Å². The minimum atomic E-state index is -4.56. The van der Waals surface area contributed by atoms with Crippen molar-refractivity contribution in [2.24, 2.45) is 0 Å². The average molecular weight is 372 g/mol. The van der Waals surface area contributed by atoms with E-state index in [1.165, 1.54) is 17.9 Å². The van der Waals surface area contributed by atoms with Gasteiger partial charge in [-0.25, -0.2) is 9.78 Å². The Bertz CT molecular complexity index is 858. The van der Waals surface area contributed by atoms with Crippen LogP contribution in [0.3, 0.4) is 0 Å². The van der Waals surface area contributed by atoms with Crippen molar-refractivity contribution in [2.45, 2.75) is 44.9 Å². The molecule has 1 saturated carbocycles. The molecule has 2 heterocycles. The third kappa shape index (κ3) is 3.20. The number of aromatic nitrogens is 1. The second-order valence-corrected chi connectivity index (χ2v) is 7.06. The molecule has 9 heteroatoms. The molecule has 1 atom stereocenters. The molecule has 0 bridgehead atoms. The normalized spacial score (nSPS) is 16.0. The summed E-state index contributed by atoms with van der Waals surface area (Å²) in [5.74, 6) is -1.58. The minimum Gasteiger partial charge on any atom is -0.480 e. The second kappa shape index (κ2) is 5.98. The molecule has 134 valence electrons. The molecule has 1 aliphatic rings. The Morgan fingerprint density at radius 3 is 2.52 bits per heavy atom. The highest BCUT2D eigenvalue weighted by Crippen LogP contribution is 2.37. The number of carboxylic acid groups (broad SMARTS) is 1. The third-order valence-corrected chi connectivity index (χ3v) is 5.43. The summed E-state index contributed by atoms with van der Waals surface area (Å²) in [6.07, 6.45) is -3.11. The molecular weight excluding hydrogens is 357 g/mol. The highest BCUT2D eigenvalue weighted by atomic mass is 32.1. The molecule has 3 rings (SSSR count). The molecule has 1 fully saturated rings. The Morgan fingerprint density at radius 1 is 1.36 bits per heavy atom. The van der Waals surface area contributed by atoms with Crippen molar-refractivity contribution in [3.8, 4) is 0 Å². The summed E-state index contributed by atoms with van der Waals surface area (Å²) >= 11 is 0.870. The van der Waals surface area contributed by atoms with E-state index in [4.69, 9.17) is 0 Å². The van der Waals surface area contributed by atoms with Crippen LogP contribution in [0.2, 0.25) is 0 Å². The third-order valence-electron chi connectivity index (χ3n) is 4.24. The molecule has 25 heavy (non-hydrogen) atoms. The molecule has 2 aromatic heterocycles. The number of aliphatic carboxylic acids is 1. The van der Waals surface area contributed by atoms with Crippen molar-refractivity contribution in [3.05, 3.63) is 28.3 Å². The number of aryl methyl sites for hydroxylation is 1. The number of halogens is 3. The highest BCUT2D eigenvalue weighted by molar-refractivity contribution is 7.20. The summed E-state index contributed by atoms with van der Waals surface area (Å²) in [7, 11) is 0. The van der Waals surface area contributed by atoms with Gasteiger partial charge in [-0.1, -0.05) is 0 Å². The lowest BCUT2D eigenvalue weighted by molar-refractivity contribution is -0.142. The Labute approximate surface area is 145 Å². The Hall–Kier alpha value is -2.16. The van der Waals surface area contributed by atoms with E-state index in [9.17, 15) is 27.9 Å². The highest BCUT2D eigenvalue weighted by Gasteiger charge is 2.40. The largest absolute Gasteiger partial charge is 0.480 e. The molecule has 0 aromatic carbocycles. The van der Waals surface area contributed by atoms with E-state index in [-0.39, 0.29) is 15.7 Å². The molecule has 2 aromatic rings. The number of rotatable bonds is 4. The van der Waals surface area contributed by atoms with E-state index >= 15 is 0 Å². The zero-order valence-electron chi connectivity index (χ0n) is 13.4. The van der Waals surface area contributed by atoms with Gasteiger partial charge in [-0.3, -0.25) is 4.79 Å². The molecule has 0 radical (unpaired) electrons. The fraction of sp³-hybridized carbons (Fsp3) is 0.438. The van der Waals surface area contributed by atoms with Gasteiger partial charge in [0.1, 0.15) is 16.6 Å². The van der Waals surface area contributed by atoms with E-state index in [0.717, 1.165) is 30.2 Å². The van der Waals surface area contributed by atoms with E-state index in [0.29, 0.717) is 10.9 Å². The Morgan fingerprint density at radius 2 is 2.00 bits per heavy atom. The quantitative estimate of drug-likeness (QED) is 0.888. The van der Waals surface area contributed by atoms with Crippen LogP contribution in [0, 0.1) is 6.92 Å². The van der Waals surface area contributed by atoms with Crippen molar-refractivity contribution in [1.82, 2.24) is 9.88 Å². The zero-order valence-corrected chi connectivity index (χ0v) is 14.2. The van der Waals surface area contributed by atoms with Crippen molar-refractivity contribution >= 4 is 33.4 Å². The standard InChI is InChI=1S/C16H15F3N2O3S/c1-7-10-5-6-11(16(17,18)19)20-13(10)25-12(7)14(22)21(9-3-4-9)8(2)15(23)24/h5-6,8-9H,3-4H2,1-2H3,(H,23,24). The first kappa shape index (κ1) is 17.7. The topological polar surface area (TPSA) is 70.5 Å². The molecule has 0 spiro atoms. The lowest BCUT2D eigenvalue weighted by Gasteiger charge is -2.26. The number of thiophene rings is 1. The molecule has 1 aliphatic carbocycles. The summed E-state index contributed by atoms with van der Waals surface area (Å²) in [5.41, 5.74) is -0.493. The predicted octanol–water partition coefficient (Wildman–Crippen LogP) is 3.70. The molecule has 1 N–H and O–H groups in total. The Kier molecular flexibility index (Phi) is 4.22. The minimum absolute atomic E-state index is 0.120. The van der Waals surface area contributed by atoms with Gasteiger partial charge in [-0.05, 0) is 44.4 Å². The van der Waals surface area contributed by atoms with Gasteiger partial charge in [0.15, 0.2) is 0 Å². The predicted molar refractivity (Wildman–Crippen MR) is 85.6 cm³/mol. The lowest BCUT2D eigenvalue weighted by atomic mass is 10.1. The van der Waals surface area contributed by atoms with Gasteiger partial charge >= 0.3 is 12.1 Å². The summed E-state index contributed by atoms with van der Waals surface area (Å²) in [6.45, 7) is 3.07. The second-order valence-electron chi connectivity index (χ2n) is 6.06. The van der Waals surface area contributed by atoms with Gasteiger partial charge in [0, 0.05) is 11.4 Å². The van der Waals surface area contributed by atoms with Crippen molar-refractivity contribution in [2.75, 3.05) is 0 Å². The molecule has 0 saturated heterocycles. The van der Waals surface area contributed by atoms with Crippen LogP contribution in [0.5, 0.6) is 0 Å². The fourth-order valence-corrected chi connectivity index (χ4v) is 3.83. The van der Waals surface area contributed by atoms with Crippen LogP contribution in [0.4, 0.5) is 13.2 Å². The van der Waals surface area contributed by atoms with E-state index in [2.05, 4.69) is 4.98 Å². The molecular formula is C16H15F3N2O3S. The number of hydrogen-bond donors (Lipinski definition) is 1. The first-order valence-corrected chi connectivity index (χ1v) is 8.45. The maximum atomic E-state index is 12.9. The number of hydrogen-bond acceptors (Lipinski definition) is 4. The van der Waals surface area contributed by atoms with Crippen LogP contribution < -0.4 is 0 Å². The SMILES string of the molecule is Cc1c(C(=O)N(C2CC2)C(C)C(=O)O)sc2nc(C(F)(F)F)ccc12. The zero-order chi connectivity index (χ0) is 18.5. The molecule has 5 nitrogen and oxygen atoms in total. The van der Waals surface area contributed by atoms with E-state index < -0.39 is 29.8 Å². The van der Waals surface area contributed by atoms with Gasteiger partial charge in [-0.15, -0.1) is 11.3 Å². The summed E-state index contributed by atoms with van der Waals surface area (Å²) < 4.78 is 38.5. The van der Waals surface area contributed by atoms with Crippen LogP contribution in [0.1, 0.15) is 40.7 Å². The molecule has 1 amide bonds. The van der Waals surface area contributed by atoms with Crippen molar-refractivity contribution < 1.29 is 27.9 Å². The smallest absolute Gasteiger partial charge is 0.433 e. The monoisotopic (exact) mass is 372 g/mol. The van der Waals surface area contributed by atoms with Crippen LogP contribution in [0.15, 0.2) is 12.1 Å². The van der Waals surface area contributed by atoms with Gasteiger partial charge in [0.25, 0.3) is 5.91 Å². The van der Waals surface area contributed by atoms with E-state index in [1.54, 1.807) is 6.92 Å². The number of amides is 1. The number of carboxylic acids is 1. The van der Waals surface area contributed by atoms with E-state index in [1.807, 2.05) is 0 Å². The maximum absolute atomic E-state index is 12.9. The average Bonchev–Trinajstić information content (AvgIpc) is 3.30. The first-order chi connectivity index (χ1) is 11.6. The fourth-order valence-electron chi connectivity index (χ4n) is 2.71. The van der Waals surface area contributed by atoms with Crippen molar-refractivity contribution in [3.63, 3.8) is 0 Å². The number of alkyl halides is 3. The summed E-state index contributed by atoms with van der Waals surface area (Å²) in [6, 6.07) is 1.05. The van der Waals surface area contributed by atoms with Crippen LogP contribution in [-0.4, -0.2) is 39.0 Å². The molecule has 0 aliphatic heterocycles. The van der Waals surface area contributed by atoms with Gasteiger partial charge < -0.3 is 10.0 Å². The van der Waals surface area contributed by atoms with Gasteiger partial charge in [-0.2, -0.15) is 13.2 Å². The maximum Gasteiger partial charge on any atom is 0.433 e. The number of fused-ring (bicyclic) bond motifs is 1. The Balaban J connectivity index is 2.04. The summed E-state index contributed by atoms with van der Waals surface area (Å²) in [4.78, 5) is 29.4. The first-order valence-electron chi connectivity index (χ1n) is 7.64. The number of pyridine rings is 1. The van der Waals surface area contributed by atoms with Gasteiger partial charge in [0.2, 0.25) is 0 Å². The van der Waals surface area contributed by atoms with Crippen LogP contribution >= 0.6 is 11.3 Å². The van der Waals surface area contributed by atoms with Gasteiger partial charge in [0.05, 0.1) is 4.88 Å². The number of carbonyl (C=O) groups is 2.